The maximum Gasteiger partial charge on any atom is 0.339 e. The van der Waals surface area contributed by atoms with Crippen LogP contribution in [0.25, 0.3) is 10.8 Å². The fourth-order valence-electron chi connectivity index (χ4n) is 3.59. The van der Waals surface area contributed by atoms with Gasteiger partial charge in [-0.05, 0) is 41.1 Å². The minimum atomic E-state index is -3.82. The lowest BCUT2D eigenvalue weighted by atomic mass is 10.0. The third-order valence-electron chi connectivity index (χ3n) is 5.33. The van der Waals surface area contributed by atoms with Gasteiger partial charge in [-0.2, -0.15) is 4.31 Å². The van der Waals surface area contributed by atoms with Crippen molar-refractivity contribution in [3.63, 3.8) is 0 Å². The molecule has 0 atom stereocenters. The fraction of sp³-hybridized carbons (Fsp3) is 0.217. The average molecular weight is 489 g/mol. The Hall–Kier alpha value is -2.98. The molecule has 10 heteroatoms. The number of fused-ring (bicyclic) bond motifs is 1. The summed E-state index contributed by atoms with van der Waals surface area (Å²) in [6.07, 6.45) is 0. The van der Waals surface area contributed by atoms with Crippen molar-refractivity contribution in [2.45, 2.75) is 4.90 Å². The Balaban J connectivity index is 1.70. The van der Waals surface area contributed by atoms with Crippen molar-refractivity contribution in [3.05, 3.63) is 70.7 Å². The molecule has 3 aromatic carbocycles. The molecule has 1 aliphatic rings. The van der Waals surface area contributed by atoms with Gasteiger partial charge in [-0.15, -0.1) is 0 Å². The van der Waals surface area contributed by atoms with Crippen molar-refractivity contribution >= 4 is 50.0 Å². The van der Waals surface area contributed by atoms with Gasteiger partial charge in [0.1, 0.15) is 0 Å². The molecular weight excluding hydrogens is 468 g/mol. The molecule has 1 aliphatic heterocycles. The van der Waals surface area contributed by atoms with Crippen molar-refractivity contribution in [1.29, 1.82) is 0 Å². The Labute approximate surface area is 196 Å². The molecule has 0 saturated carbocycles. The van der Waals surface area contributed by atoms with Crippen molar-refractivity contribution in [2.75, 3.05) is 38.7 Å². The first kappa shape index (κ1) is 23.2. The van der Waals surface area contributed by atoms with Gasteiger partial charge in [-0.3, -0.25) is 4.79 Å². The average Bonchev–Trinajstić information content (AvgIpc) is 2.83. The number of ether oxygens (including phenoxy) is 2. The second-order valence-electron chi connectivity index (χ2n) is 7.35. The van der Waals surface area contributed by atoms with Gasteiger partial charge in [-0.1, -0.05) is 35.9 Å². The third kappa shape index (κ3) is 4.72. The van der Waals surface area contributed by atoms with Crippen LogP contribution in [0.15, 0.2) is 59.5 Å². The zero-order chi connectivity index (χ0) is 23.6. The van der Waals surface area contributed by atoms with Crippen LogP contribution in [-0.2, 0) is 19.5 Å². The molecule has 33 heavy (non-hydrogen) atoms. The van der Waals surface area contributed by atoms with Gasteiger partial charge < -0.3 is 14.8 Å². The van der Waals surface area contributed by atoms with Crippen molar-refractivity contribution < 1.29 is 27.5 Å². The summed E-state index contributed by atoms with van der Waals surface area (Å²) < 4.78 is 37.4. The second-order valence-corrected chi connectivity index (χ2v) is 9.69. The molecule has 172 valence electrons. The topological polar surface area (TPSA) is 102 Å². The number of methoxy groups -OCH3 is 1. The molecule has 1 fully saturated rings. The normalized spacial score (nSPS) is 14.7. The first-order valence-corrected chi connectivity index (χ1v) is 11.9. The van der Waals surface area contributed by atoms with Crippen LogP contribution < -0.4 is 5.32 Å². The first-order valence-electron chi connectivity index (χ1n) is 10.1. The molecule has 0 bridgehead atoms. The van der Waals surface area contributed by atoms with Crippen LogP contribution in [0.5, 0.6) is 0 Å². The van der Waals surface area contributed by atoms with Gasteiger partial charge >= 0.3 is 5.97 Å². The summed E-state index contributed by atoms with van der Waals surface area (Å²) in [5.74, 6) is -1.27. The lowest BCUT2D eigenvalue weighted by Gasteiger charge is -2.26. The van der Waals surface area contributed by atoms with Crippen LogP contribution in [0.2, 0.25) is 5.02 Å². The Bertz CT molecular complexity index is 1340. The standard InChI is InChI=1S/C23H21ClN2O6S/c1-31-23(28)19-12-15-4-2-3-5-16(15)13-21(19)25-22(27)18-14-17(6-7-20(18)24)33(29,30)26-8-10-32-11-9-26/h2-7,12-14H,8-11H2,1H3,(H,25,27). The zero-order valence-corrected chi connectivity index (χ0v) is 19.3. The molecule has 4 rings (SSSR count). The van der Waals surface area contributed by atoms with Crippen LogP contribution in [0, 0.1) is 0 Å². The first-order chi connectivity index (χ1) is 15.8. The molecule has 0 unspecified atom stereocenters. The van der Waals surface area contributed by atoms with E-state index < -0.39 is 21.9 Å². The predicted molar refractivity (Wildman–Crippen MR) is 124 cm³/mol. The number of morpholine rings is 1. The van der Waals surface area contributed by atoms with Crippen LogP contribution in [-0.4, -0.2) is 58.0 Å². The molecule has 1 N–H and O–H groups in total. The highest BCUT2D eigenvalue weighted by Crippen LogP contribution is 2.28. The van der Waals surface area contributed by atoms with E-state index in [1.54, 1.807) is 12.1 Å². The summed E-state index contributed by atoms with van der Waals surface area (Å²) in [4.78, 5) is 25.4. The van der Waals surface area contributed by atoms with E-state index in [9.17, 15) is 18.0 Å². The summed E-state index contributed by atoms with van der Waals surface area (Å²) in [6.45, 7) is 1.06. The van der Waals surface area contributed by atoms with Gasteiger partial charge in [0.25, 0.3) is 5.91 Å². The largest absolute Gasteiger partial charge is 0.465 e. The molecule has 0 aromatic heterocycles. The summed E-state index contributed by atoms with van der Waals surface area (Å²) in [5.41, 5.74) is 0.357. The number of rotatable bonds is 5. The summed E-state index contributed by atoms with van der Waals surface area (Å²) in [7, 11) is -2.57. The number of nitrogens with zero attached hydrogens (tertiary/aromatic N) is 1. The second kappa shape index (κ2) is 9.48. The number of halogens is 1. The zero-order valence-electron chi connectivity index (χ0n) is 17.7. The van der Waals surface area contributed by atoms with E-state index in [1.807, 2.05) is 24.3 Å². The quantitative estimate of drug-likeness (QED) is 0.551. The Morgan fingerprint density at radius 2 is 1.67 bits per heavy atom. The van der Waals surface area contributed by atoms with Crippen molar-refractivity contribution in [3.8, 4) is 0 Å². The third-order valence-corrected chi connectivity index (χ3v) is 7.55. The maximum absolute atomic E-state index is 13.1. The number of anilines is 1. The van der Waals surface area contributed by atoms with Crippen molar-refractivity contribution in [1.82, 2.24) is 4.31 Å². The number of nitrogens with one attached hydrogen (secondary N) is 1. The van der Waals surface area contributed by atoms with Gasteiger partial charge in [0, 0.05) is 13.1 Å². The number of hydrogen-bond donors (Lipinski definition) is 1. The van der Waals surface area contributed by atoms with Gasteiger partial charge in [0.15, 0.2) is 0 Å². The van der Waals surface area contributed by atoms with Crippen LogP contribution in [0.1, 0.15) is 20.7 Å². The number of carbonyl (C=O) groups is 2. The van der Waals surface area contributed by atoms with Gasteiger partial charge in [0.2, 0.25) is 10.0 Å². The number of esters is 1. The highest BCUT2D eigenvalue weighted by Gasteiger charge is 2.28. The van der Waals surface area contributed by atoms with E-state index in [1.165, 1.54) is 29.6 Å². The monoisotopic (exact) mass is 488 g/mol. The molecule has 1 heterocycles. The lowest BCUT2D eigenvalue weighted by molar-refractivity contribution is 0.0602. The Morgan fingerprint density at radius 3 is 2.33 bits per heavy atom. The van der Waals surface area contributed by atoms with Gasteiger partial charge in [0.05, 0.1) is 47.1 Å². The number of sulfonamides is 1. The number of amides is 1. The van der Waals surface area contributed by atoms with E-state index in [4.69, 9.17) is 21.1 Å². The van der Waals surface area contributed by atoms with Crippen molar-refractivity contribution in [2.24, 2.45) is 0 Å². The highest BCUT2D eigenvalue weighted by molar-refractivity contribution is 7.89. The summed E-state index contributed by atoms with van der Waals surface area (Å²) >= 11 is 6.24. The highest BCUT2D eigenvalue weighted by atomic mass is 35.5. The summed E-state index contributed by atoms with van der Waals surface area (Å²) in [5, 5.41) is 4.36. The smallest absolute Gasteiger partial charge is 0.339 e. The molecular formula is C23H21ClN2O6S. The molecule has 0 radical (unpaired) electrons. The molecule has 0 spiro atoms. The fourth-order valence-corrected chi connectivity index (χ4v) is 5.23. The predicted octanol–water partition coefficient (Wildman–Crippen LogP) is 3.55. The molecule has 1 saturated heterocycles. The molecule has 1 amide bonds. The SMILES string of the molecule is COC(=O)c1cc2ccccc2cc1NC(=O)c1cc(S(=O)(=O)N2CCOCC2)ccc1Cl. The Morgan fingerprint density at radius 1 is 1.00 bits per heavy atom. The van der Waals surface area contributed by atoms with E-state index in [0.29, 0.717) is 13.2 Å². The summed E-state index contributed by atoms with van der Waals surface area (Å²) in [6, 6.07) is 14.6. The molecule has 0 aliphatic carbocycles. The maximum atomic E-state index is 13.1. The number of carbonyl (C=O) groups excluding carboxylic acids is 2. The van der Waals surface area contributed by atoms with Crippen LogP contribution in [0.3, 0.4) is 0 Å². The molecule has 3 aromatic rings. The number of benzene rings is 3. The van der Waals surface area contributed by atoms with E-state index >= 15 is 0 Å². The Kier molecular flexibility index (Phi) is 6.66. The van der Waals surface area contributed by atoms with Crippen LogP contribution >= 0.6 is 11.6 Å². The van der Waals surface area contributed by atoms with E-state index in [0.717, 1.165) is 10.8 Å². The number of hydrogen-bond acceptors (Lipinski definition) is 6. The van der Waals surface area contributed by atoms with E-state index in [-0.39, 0.29) is 39.8 Å². The van der Waals surface area contributed by atoms with Crippen LogP contribution in [0.4, 0.5) is 5.69 Å². The minimum Gasteiger partial charge on any atom is -0.465 e. The van der Waals surface area contributed by atoms with Gasteiger partial charge in [-0.25, -0.2) is 13.2 Å². The minimum absolute atomic E-state index is 0.0324. The lowest BCUT2D eigenvalue weighted by Crippen LogP contribution is -2.40. The van der Waals surface area contributed by atoms with E-state index in [2.05, 4.69) is 5.32 Å². The molecule has 8 nitrogen and oxygen atoms in total.